The van der Waals surface area contributed by atoms with Gasteiger partial charge in [-0.15, -0.1) is 0 Å². The molecule has 0 aromatic carbocycles. The van der Waals surface area contributed by atoms with Gasteiger partial charge < -0.3 is 11.1 Å². The molecule has 4 nitrogen and oxygen atoms in total. The number of nitrogen functional groups attached to an aromatic ring is 1. The third kappa shape index (κ3) is 3.23. The van der Waals surface area contributed by atoms with Crippen molar-refractivity contribution >= 4 is 22.4 Å². The molecule has 0 aliphatic carbocycles. The Kier molecular flexibility index (Phi) is 4.74. The third-order valence-corrected chi connectivity index (χ3v) is 4.21. The predicted molar refractivity (Wildman–Crippen MR) is 82.3 cm³/mol. The minimum atomic E-state index is 0.586. The Labute approximate surface area is 118 Å². The summed E-state index contributed by atoms with van der Waals surface area (Å²) < 4.78 is 4.26. The number of pyridine rings is 1. The third-order valence-electron chi connectivity index (χ3n) is 3.39. The fraction of sp³-hybridized carbons (Fsp3) is 0.429. The molecule has 2 aromatic heterocycles. The Morgan fingerprint density at radius 2 is 1.95 bits per heavy atom. The summed E-state index contributed by atoms with van der Waals surface area (Å²) in [6.45, 7) is 5.41. The summed E-state index contributed by atoms with van der Waals surface area (Å²) in [6.07, 6.45) is 5.92. The van der Waals surface area contributed by atoms with Crippen LogP contribution in [-0.4, -0.2) is 15.9 Å². The van der Waals surface area contributed by atoms with E-state index in [1.807, 2.05) is 12.1 Å². The first-order valence-electron chi connectivity index (χ1n) is 6.65. The highest BCUT2D eigenvalue weighted by molar-refractivity contribution is 7.11. The second-order valence-electron chi connectivity index (χ2n) is 4.57. The number of nitrogens with two attached hydrogens (primary N) is 1. The van der Waals surface area contributed by atoms with Crippen molar-refractivity contribution in [1.29, 1.82) is 0 Å². The fourth-order valence-electron chi connectivity index (χ4n) is 2.04. The normalized spacial score (nSPS) is 10.9. The molecule has 0 aliphatic rings. The molecule has 0 saturated carbocycles. The topological polar surface area (TPSA) is 63.8 Å². The van der Waals surface area contributed by atoms with Crippen LogP contribution in [0.3, 0.4) is 0 Å². The van der Waals surface area contributed by atoms with Gasteiger partial charge >= 0.3 is 0 Å². The molecular weight excluding hydrogens is 256 g/mol. The molecule has 3 N–H and O–H groups in total. The SMILES string of the molecule is CCC(CC)CNc1snc(N)c1-c1ccncc1. The van der Waals surface area contributed by atoms with Gasteiger partial charge in [0.05, 0.1) is 5.56 Å². The maximum Gasteiger partial charge on any atom is 0.147 e. The van der Waals surface area contributed by atoms with E-state index >= 15 is 0 Å². The van der Waals surface area contributed by atoms with Gasteiger partial charge in [-0.2, -0.15) is 4.37 Å². The highest BCUT2D eigenvalue weighted by Gasteiger charge is 2.14. The van der Waals surface area contributed by atoms with E-state index in [2.05, 4.69) is 28.5 Å². The van der Waals surface area contributed by atoms with E-state index in [1.165, 1.54) is 24.4 Å². The molecule has 0 aliphatic heterocycles. The van der Waals surface area contributed by atoms with Crippen LogP contribution in [0.15, 0.2) is 24.5 Å². The summed E-state index contributed by atoms with van der Waals surface area (Å²) in [6, 6.07) is 3.92. The van der Waals surface area contributed by atoms with Gasteiger partial charge in [-0.25, -0.2) is 0 Å². The maximum atomic E-state index is 5.98. The molecule has 5 heteroatoms. The molecule has 2 aromatic rings. The van der Waals surface area contributed by atoms with E-state index in [0.29, 0.717) is 11.7 Å². The number of nitrogens with one attached hydrogen (secondary N) is 1. The number of rotatable bonds is 6. The first-order valence-corrected chi connectivity index (χ1v) is 7.43. The van der Waals surface area contributed by atoms with E-state index in [-0.39, 0.29) is 0 Å². The van der Waals surface area contributed by atoms with Gasteiger partial charge in [0, 0.05) is 18.9 Å². The number of hydrogen-bond acceptors (Lipinski definition) is 5. The van der Waals surface area contributed by atoms with Crippen molar-refractivity contribution in [3.63, 3.8) is 0 Å². The number of anilines is 2. The van der Waals surface area contributed by atoms with E-state index in [0.717, 1.165) is 22.7 Å². The molecule has 2 heterocycles. The monoisotopic (exact) mass is 276 g/mol. The standard InChI is InChI=1S/C14H20N4S/c1-3-10(4-2)9-17-14-12(13(15)18-19-14)11-5-7-16-8-6-11/h5-8,10,17H,3-4,9H2,1-2H3,(H2,15,18). The van der Waals surface area contributed by atoms with E-state index in [4.69, 9.17) is 5.73 Å². The Hall–Kier alpha value is -1.62. The van der Waals surface area contributed by atoms with Crippen LogP contribution in [0.5, 0.6) is 0 Å². The van der Waals surface area contributed by atoms with Gasteiger partial charge in [0.15, 0.2) is 0 Å². The molecule has 0 unspecified atom stereocenters. The Morgan fingerprint density at radius 1 is 1.26 bits per heavy atom. The second-order valence-corrected chi connectivity index (χ2v) is 5.34. The average Bonchev–Trinajstić information content (AvgIpc) is 2.82. The highest BCUT2D eigenvalue weighted by atomic mass is 32.1. The van der Waals surface area contributed by atoms with Gasteiger partial charge in [-0.05, 0) is 35.1 Å². The minimum absolute atomic E-state index is 0.586. The van der Waals surface area contributed by atoms with Crippen LogP contribution in [0.4, 0.5) is 10.8 Å². The van der Waals surface area contributed by atoms with Crippen molar-refractivity contribution in [3.05, 3.63) is 24.5 Å². The lowest BCUT2D eigenvalue weighted by Crippen LogP contribution is -2.12. The Balaban J connectivity index is 2.19. The summed E-state index contributed by atoms with van der Waals surface area (Å²) in [5.41, 5.74) is 8.05. The van der Waals surface area contributed by atoms with Crippen LogP contribution < -0.4 is 11.1 Å². The summed E-state index contributed by atoms with van der Waals surface area (Å²) in [4.78, 5) is 4.04. The van der Waals surface area contributed by atoms with Crippen molar-refractivity contribution in [1.82, 2.24) is 9.36 Å². The molecule has 0 radical (unpaired) electrons. The van der Waals surface area contributed by atoms with Crippen LogP contribution in [-0.2, 0) is 0 Å². The Bertz CT molecular complexity index is 505. The second kappa shape index (κ2) is 6.52. The zero-order valence-corrected chi connectivity index (χ0v) is 12.2. The molecule has 19 heavy (non-hydrogen) atoms. The van der Waals surface area contributed by atoms with Crippen LogP contribution >= 0.6 is 11.5 Å². The minimum Gasteiger partial charge on any atom is -0.382 e. The maximum absolute atomic E-state index is 5.98. The highest BCUT2D eigenvalue weighted by Crippen LogP contribution is 2.36. The van der Waals surface area contributed by atoms with Crippen molar-refractivity contribution in [2.24, 2.45) is 5.92 Å². The van der Waals surface area contributed by atoms with Crippen LogP contribution in [0, 0.1) is 5.92 Å². The zero-order valence-electron chi connectivity index (χ0n) is 11.4. The van der Waals surface area contributed by atoms with Gasteiger partial charge in [-0.1, -0.05) is 26.7 Å². The molecular formula is C14H20N4S. The van der Waals surface area contributed by atoms with Crippen molar-refractivity contribution in [3.8, 4) is 11.1 Å². The predicted octanol–water partition coefficient (Wildman–Crippen LogP) is 3.64. The Morgan fingerprint density at radius 3 is 2.58 bits per heavy atom. The molecule has 0 spiro atoms. The fourth-order valence-corrected chi connectivity index (χ4v) is 2.78. The van der Waals surface area contributed by atoms with E-state index < -0.39 is 0 Å². The molecule has 0 bridgehead atoms. The molecule has 2 rings (SSSR count). The van der Waals surface area contributed by atoms with E-state index in [9.17, 15) is 0 Å². The lowest BCUT2D eigenvalue weighted by molar-refractivity contribution is 0.519. The largest absolute Gasteiger partial charge is 0.382 e. The van der Waals surface area contributed by atoms with Gasteiger partial charge in [0.1, 0.15) is 10.8 Å². The lowest BCUT2D eigenvalue weighted by Gasteiger charge is -2.14. The molecule has 0 amide bonds. The van der Waals surface area contributed by atoms with Crippen molar-refractivity contribution < 1.29 is 0 Å². The molecule has 0 atom stereocenters. The molecule has 0 saturated heterocycles. The first kappa shape index (κ1) is 13.8. The van der Waals surface area contributed by atoms with Crippen LogP contribution in [0.25, 0.3) is 11.1 Å². The summed E-state index contributed by atoms with van der Waals surface area (Å²) in [5, 5.41) is 4.54. The summed E-state index contributed by atoms with van der Waals surface area (Å²) in [7, 11) is 0. The molecule has 0 fully saturated rings. The number of nitrogens with zero attached hydrogens (tertiary/aromatic N) is 2. The van der Waals surface area contributed by atoms with Gasteiger partial charge in [0.2, 0.25) is 0 Å². The molecule has 102 valence electrons. The van der Waals surface area contributed by atoms with Crippen molar-refractivity contribution in [2.45, 2.75) is 26.7 Å². The zero-order chi connectivity index (χ0) is 13.7. The van der Waals surface area contributed by atoms with Gasteiger partial charge in [-0.3, -0.25) is 4.98 Å². The number of hydrogen-bond donors (Lipinski definition) is 2. The van der Waals surface area contributed by atoms with Crippen LogP contribution in [0.1, 0.15) is 26.7 Å². The van der Waals surface area contributed by atoms with Gasteiger partial charge in [0.25, 0.3) is 0 Å². The smallest absolute Gasteiger partial charge is 0.147 e. The quantitative estimate of drug-likeness (QED) is 0.845. The summed E-state index contributed by atoms with van der Waals surface area (Å²) in [5.74, 6) is 1.27. The van der Waals surface area contributed by atoms with Crippen molar-refractivity contribution in [2.75, 3.05) is 17.6 Å². The average molecular weight is 276 g/mol. The summed E-state index contributed by atoms with van der Waals surface area (Å²) >= 11 is 1.43. The van der Waals surface area contributed by atoms with Crippen LogP contribution in [0.2, 0.25) is 0 Å². The van der Waals surface area contributed by atoms with E-state index in [1.54, 1.807) is 12.4 Å². The number of aromatic nitrogens is 2. The first-order chi connectivity index (χ1) is 9.26. The lowest BCUT2D eigenvalue weighted by atomic mass is 10.0.